The van der Waals surface area contributed by atoms with Gasteiger partial charge in [0, 0.05) is 11.5 Å². The average molecular weight is 182 g/mol. The van der Waals surface area contributed by atoms with Crippen molar-refractivity contribution in [2.45, 2.75) is 12.8 Å². The summed E-state index contributed by atoms with van der Waals surface area (Å²) in [7, 11) is 1.39. The molecule has 0 aromatic heterocycles. The van der Waals surface area contributed by atoms with Gasteiger partial charge in [-0.05, 0) is 6.07 Å². The van der Waals surface area contributed by atoms with Crippen LogP contribution in [0.5, 0.6) is 5.75 Å². The van der Waals surface area contributed by atoms with Crippen molar-refractivity contribution in [2.24, 2.45) is 0 Å². The van der Waals surface area contributed by atoms with E-state index in [1.54, 1.807) is 19.1 Å². The van der Waals surface area contributed by atoms with Crippen LogP contribution >= 0.6 is 0 Å². The average Bonchev–Trinajstić information content (AvgIpc) is 2.16. The third kappa shape index (κ3) is 1.86. The zero-order chi connectivity index (χ0) is 9.84. The minimum atomic E-state index is -0.436. The molecule has 0 fully saturated rings. The van der Waals surface area contributed by atoms with E-state index in [9.17, 15) is 9.18 Å². The molecule has 0 aliphatic heterocycles. The van der Waals surface area contributed by atoms with Crippen molar-refractivity contribution >= 4 is 6.29 Å². The zero-order valence-corrected chi connectivity index (χ0v) is 7.58. The van der Waals surface area contributed by atoms with E-state index in [2.05, 4.69) is 0 Å². The van der Waals surface area contributed by atoms with Gasteiger partial charge >= 0.3 is 0 Å². The predicted octanol–water partition coefficient (Wildman–Crippen LogP) is 2.14. The maximum atomic E-state index is 13.1. The molecular weight excluding hydrogens is 171 g/mol. The van der Waals surface area contributed by atoms with Gasteiger partial charge in [-0.25, -0.2) is 4.39 Å². The number of carbonyl (C=O) groups excluding carboxylic acids is 1. The summed E-state index contributed by atoms with van der Waals surface area (Å²) in [6.45, 7) is 1.70. The second-order valence-electron chi connectivity index (χ2n) is 2.79. The summed E-state index contributed by atoms with van der Waals surface area (Å²) in [5.74, 6) is -0.624. The Hall–Kier alpha value is -1.38. The highest BCUT2D eigenvalue weighted by Crippen LogP contribution is 2.27. The minimum Gasteiger partial charge on any atom is -0.493 e. The summed E-state index contributed by atoms with van der Waals surface area (Å²) >= 11 is 0. The van der Waals surface area contributed by atoms with E-state index in [1.165, 1.54) is 13.2 Å². The van der Waals surface area contributed by atoms with E-state index >= 15 is 0 Å². The van der Waals surface area contributed by atoms with Crippen LogP contribution in [0, 0.1) is 5.82 Å². The van der Waals surface area contributed by atoms with Gasteiger partial charge < -0.3 is 9.53 Å². The third-order valence-electron chi connectivity index (χ3n) is 1.90. The summed E-state index contributed by atoms with van der Waals surface area (Å²) < 4.78 is 18.0. The summed E-state index contributed by atoms with van der Waals surface area (Å²) in [6.07, 6.45) is 0.761. The first-order valence-electron chi connectivity index (χ1n) is 3.98. The first-order chi connectivity index (χ1) is 6.20. The van der Waals surface area contributed by atoms with Crippen molar-refractivity contribution in [3.8, 4) is 5.75 Å². The van der Waals surface area contributed by atoms with E-state index in [1.807, 2.05) is 0 Å². The summed E-state index contributed by atoms with van der Waals surface area (Å²) in [6, 6.07) is 4.55. The first-order valence-corrected chi connectivity index (χ1v) is 3.98. The molecule has 1 unspecified atom stereocenters. The lowest BCUT2D eigenvalue weighted by molar-refractivity contribution is -0.108. The number of methoxy groups -OCH3 is 1. The molecule has 2 nitrogen and oxygen atoms in total. The number of hydrogen-bond donors (Lipinski definition) is 0. The lowest BCUT2D eigenvalue weighted by Crippen LogP contribution is -2.00. The van der Waals surface area contributed by atoms with E-state index in [0.717, 1.165) is 6.29 Å². The predicted molar refractivity (Wildman–Crippen MR) is 47.4 cm³/mol. The van der Waals surface area contributed by atoms with Gasteiger partial charge in [0.05, 0.1) is 7.11 Å². The van der Waals surface area contributed by atoms with Crippen molar-refractivity contribution in [1.29, 1.82) is 0 Å². The molecule has 0 aliphatic carbocycles. The monoisotopic (exact) mass is 182 g/mol. The molecular formula is C10H11FO2. The molecule has 3 heteroatoms. The van der Waals surface area contributed by atoms with Crippen LogP contribution in [0.4, 0.5) is 4.39 Å². The van der Waals surface area contributed by atoms with Crippen molar-refractivity contribution in [2.75, 3.05) is 7.11 Å². The molecule has 1 aromatic carbocycles. The largest absolute Gasteiger partial charge is 0.493 e. The maximum absolute atomic E-state index is 13.1. The molecule has 0 amide bonds. The summed E-state index contributed by atoms with van der Waals surface area (Å²) in [5, 5.41) is 0. The first kappa shape index (κ1) is 9.71. The van der Waals surface area contributed by atoms with E-state index in [-0.39, 0.29) is 11.7 Å². The topological polar surface area (TPSA) is 26.3 Å². The molecule has 0 bridgehead atoms. The number of para-hydroxylation sites is 1. The maximum Gasteiger partial charge on any atom is 0.165 e. The molecule has 0 radical (unpaired) electrons. The van der Waals surface area contributed by atoms with Gasteiger partial charge in [0.2, 0.25) is 0 Å². The Balaban J connectivity index is 3.19. The van der Waals surface area contributed by atoms with Gasteiger partial charge in [0.1, 0.15) is 6.29 Å². The number of aldehydes is 1. The second kappa shape index (κ2) is 4.03. The Labute approximate surface area is 76.3 Å². The molecule has 0 saturated carbocycles. The molecule has 0 aliphatic rings. The minimum absolute atomic E-state index is 0.155. The summed E-state index contributed by atoms with van der Waals surface area (Å²) in [5.41, 5.74) is 0.581. The van der Waals surface area contributed by atoms with Gasteiger partial charge in [0.25, 0.3) is 0 Å². The number of hydrogen-bond acceptors (Lipinski definition) is 2. The molecule has 70 valence electrons. The van der Waals surface area contributed by atoms with Crippen molar-refractivity contribution in [3.05, 3.63) is 29.6 Å². The van der Waals surface area contributed by atoms with Crippen LogP contribution in [0.2, 0.25) is 0 Å². The third-order valence-corrected chi connectivity index (χ3v) is 1.90. The normalized spacial score (nSPS) is 12.2. The Kier molecular flexibility index (Phi) is 3.01. The molecule has 0 spiro atoms. The van der Waals surface area contributed by atoms with Gasteiger partial charge in [-0.15, -0.1) is 0 Å². The van der Waals surface area contributed by atoms with Crippen molar-refractivity contribution < 1.29 is 13.9 Å². The van der Waals surface area contributed by atoms with Gasteiger partial charge in [-0.1, -0.05) is 19.1 Å². The summed E-state index contributed by atoms with van der Waals surface area (Å²) in [4.78, 5) is 10.5. The van der Waals surface area contributed by atoms with Gasteiger partial charge in [-0.2, -0.15) is 0 Å². The Bertz CT molecular complexity index is 310. The van der Waals surface area contributed by atoms with Gasteiger partial charge in [-0.3, -0.25) is 0 Å². The van der Waals surface area contributed by atoms with Crippen molar-refractivity contribution in [1.82, 2.24) is 0 Å². The molecule has 1 rings (SSSR count). The number of benzene rings is 1. The molecule has 0 saturated heterocycles. The highest BCUT2D eigenvalue weighted by atomic mass is 19.1. The lowest BCUT2D eigenvalue weighted by Gasteiger charge is -2.10. The van der Waals surface area contributed by atoms with Crippen LogP contribution < -0.4 is 4.74 Å². The molecule has 1 atom stereocenters. The number of rotatable bonds is 3. The molecule has 0 N–H and O–H groups in total. The molecule has 1 aromatic rings. The van der Waals surface area contributed by atoms with E-state index in [0.29, 0.717) is 5.56 Å². The standard InChI is InChI=1S/C10H11FO2/c1-7(6-12)8-4-3-5-9(11)10(8)13-2/h3-7H,1-2H3. The zero-order valence-electron chi connectivity index (χ0n) is 7.58. The fourth-order valence-corrected chi connectivity index (χ4v) is 1.17. The van der Waals surface area contributed by atoms with Crippen LogP contribution in [0.3, 0.4) is 0 Å². The molecule has 0 heterocycles. The Morgan fingerprint density at radius 2 is 2.23 bits per heavy atom. The van der Waals surface area contributed by atoms with Crippen LogP contribution in [-0.4, -0.2) is 13.4 Å². The van der Waals surface area contributed by atoms with Crippen LogP contribution in [0.25, 0.3) is 0 Å². The molecule has 13 heavy (non-hydrogen) atoms. The lowest BCUT2D eigenvalue weighted by atomic mass is 10.0. The van der Waals surface area contributed by atoms with Crippen LogP contribution in [-0.2, 0) is 4.79 Å². The Morgan fingerprint density at radius 3 is 2.77 bits per heavy atom. The van der Waals surface area contributed by atoms with Crippen LogP contribution in [0.15, 0.2) is 18.2 Å². The number of ether oxygens (including phenoxy) is 1. The second-order valence-corrected chi connectivity index (χ2v) is 2.79. The van der Waals surface area contributed by atoms with Crippen LogP contribution in [0.1, 0.15) is 18.4 Å². The fourth-order valence-electron chi connectivity index (χ4n) is 1.17. The van der Waals surface area contributed by atoms with Gasteiger partial charge in [0.15, 0.2) is 11.6 Å². The number of carbonyl (C=O) groups is 1. The smallest absolute Gasteiger partial charge is 0.165 e. The fraction of sp³-hybridized carbons (Fsp3) is 0.300. The van der Waals surface area contributed by atoms with Crippen molar-refractivity contribution in [3.63, 3.8) is 0 Å². The van der Waals surface area contributed by atoms with E-state index in [4.69, 9.17) is 4.74 Å². The highest BCUT2D eigenvalue weighted by molar-refractivity contribution is 5.63. The quantitative estimate of drug-likeness (QED) is 0.669. The van der Waals surface area contributed by atoms with E-state index < -0.39 is 5.82 Å². The highest BCUT2D eigenvalue weighted by Gasteiger charge is 2.13. The SMILES string of the molecule is COc1c(F)cccc1C(C)C=O. The Morgan fingerprint density at radius 1 is 1.54 bits per heavy atom. The number of halogens is 1.